The van der Waals surface area contributed by atoms with Crippen LogP contribution < -0.4 is 5.32 Å². The summed E-state index contributed by atoms with van der Waals surface area (Å²) in [5.41, 5.74) is 0. The molecule has 0 aromatic heterocycles. The highest BCUT2D eigenvalue weighted by molar-refractivity contribution is 5.87. The molecule has 11 nitrogen and oxygen atoms in total. The summed E-state index contributed by atoms with van der Waals surface area (Å²) in [5, 5.41) is 50.9. The van der Waals surface area contributed by atoms with Crippen LogP contribution in [-0.2, 0) is 23.9 Å². The van der Waals surface area contributed by atoms with Crippen molar-refractivity contribution in [3.8, 4) is 0 Å². The molecule has 0 saturated heterocycles. The van der Waals surface area contributed by atoms with E-state index in [1.54, 1.807) is 0 Å². The maximum Gasteiger partial charge on any atom is 0.328 e. The Balaban J connectivity index is 4.65. The van der Waals surface area contributed by atoms with Gasteiger partial charge in [-0.15, -0.1) is 0 Å². The quantitative estimate of drug-likeness (QED) is 0.0440. The Bertz CT molecular complexity index is 753. The SMILES string of the molecule is CCCCCCCCCCCCOC(=O)CC[C@H](NC(=O)C(O)C(O)C(O)C(O)CO)C(=O)OCCCCCCCCCCCC. The predicted molar refractivity (Wildman–Crippen MR) is 178 cm³/mol. The van der Waals surface area contributed by atoms with Gasteiger partial charge in [-0.1, -0.05) is 129 Å². The third kappa shape index (κ3) is 23.5. The highest BCUT2D eigenvalue weighted by Gasteiger charge is 2.36. The van der Waals surface area contributed by atoms with Crippen LogP contribution in [0.4, 0.5) is 0 Å². The molecule has 1 amide bonds. The van der Waals surface area contributed by atoms with E-state index in [0.717, 1.165) is 38.5 Å². The van der Waals surface area contributed by atoms with Gasteiger partial charge in [-0.3, -0.25) is 9.59 Å². The molecular formula is C35H67NO10. The second-order valence-electron chi connectivity index (χ2n) is 12.5. The number of amides is 1. The zero-order chi connectivity index (χ0) is 34.4. The fraction of sp³-hybridized carbons (Fsp3) is 0.914. The average Bonchev–Trinajstić information content (AvgIpc) is 3.06. The Labute approximate surface area is 277 Å². The van der Waals surface area contributed by atoms with E-state index in [4.69, 9.17) is 14.6 Å². The lowest BCUT2D eigenvalue weighted by Gasteiger charge is -2.26. The maximum atomic E-state index is 12.8. The van der Waals surface area contributed by atoms with Crippen molar-refractivity contribution in [3.05, 3.63) is 0 Å². The second-order valence-corrected chi connectivity index (χ2v) is 12.5. The normalized spacial score (nSPS) is 14.7. The summed E-state index contributed by atoms with van der Waals surface area (Å²) < 4.78 is 10.7. The lowest BCUT2D eigenvalue weighted by Crippen LogP contribution is -2.54. The molecule has 0 aliphatic rings. The van der Waals surface area contributed by atoms with Crippen LogP contribution in [0.1, 0.15) is 155 Å². The molecule has 46 heavy (non-hydrogen) atoms. The standard InChI is InChI=1S/C35H67NO10/c1-3-5-7-9-11-13-15-17-19-21-25-45-30(39)24-23-28(36-34(43)33(42)32(41)31(40)29(38)27-37)35(44)46-26-22-20-18-16-14-12-10-8-6-4-2/h28-29,31-33,37-38,40-42H,3-27H2,1-2H3,(H,36,43)/t28-,29?,31?,32?,33?/m0/s1. The van der Waals surface area contributed by atoms with Crippen LogP contribution >= 0.6 is 0 Å². The van der Waals surface area contributed by atoms with Crippen molar-refractivity contribution in [2.24, 2.45) is 0 Å². The van der Waals surface area contributed by atoms with Crippen molar-refractivity contribution < 1.29 is 49.4 Å². The number of carbonyl (C=O) groups is 3. The van der Waals surface area contributed by atoms with Crippen LogP contribution in [0.5, 0.6) is 0 Å². The highest BCUT2D eigenvalue weighted by Crippen LogP contribution is 2.13. The predicted octanol–water partition coefficient (Wildman–Crippen LogP) is 4.62. The Morgan fingerprint density at radius 1 is 0.587 bits per heavy atom. The fourth-order valence-corrected chi connectivity index (χ4v) is 5.16. The van der Waals surface area contributed by atoms with Crippen LogP contribution in [0.15, 0.2) is 0 Å². The van der Waals surface area contributed by atoms with E-state index in [-0.39, 0.29) is 26.1 Å². The van der Waals surface area contributed by atoms with Gasteiger partial charge in [-0.25, -0.2) is 4.79 Å². The zero-order valence-corrected chi connectivity index (χ0v) is 28.8. The topological polar surface area (TPSA) is 183 Å². The molecule has 0 aromatic rings. The van der Waals surface area contributed by atoms with Crippen LogP contribution in [-0.4, -0.2) is 93.7 Å². The number of hydrogen-bond donors (Lipinski definition) is 6. The van der Waals surface area contributed by atoms with Gasteiger partial charge in [-0.05, 0) is 19.3 Å². The first-order valence-electron chi connectivity index (χ1n) is 18.1. The van der Waals surface area contributed by atoms with E-state index in [2.05, 4.69) is 19.2 Å². The first-order valence-corrected chi connectivity index (χ1v) is 18.1. The Morgan fingerprint density at radius 3 is 1.43 bits per heavy atom. The molecule has 272 valence electrons. The van der Waals surface area contributed by atoms with Gasteiger partial charge in [0.1, 0.15) is 24.4 Å². The van der Waals surface area contributed by atoms with Gasteiger partial charge in [0.2, 0.25) is 0 Å². The van der Waals surface area contributed by atoms with Crippen molar-refractivity contribution in [1.29, 1.82) is 0 Å². The van der Waals surface area contributed by atoms with Crippen molar-refractivity contribution in [2.45, 2.75) is 186 Å². The molecule has 11 heteroatoms. The van der Waals surface area contributed by atoms with E-state index in [1.165, 1.54) is 83.5 Å². The summed E-state index contributed by atoms with van der Waals surface area (Å²) in [6.07, 6.45) is 14.3. The van der Waals surface area contributed by atoms with E-state index < -0.39 is 54.9 Å². The second kappa shape index (κ2) is 30.5. The van der Waals surface area contributed by atoms with E-state index in [9.17, 15) is 34.8 Å². The average molecular weight is 662 g/mol. The van der Waals surface area contributed by atoms with Crippen LogP contribution in [0.25, 0.3) is 0 Å². The molecule has 0 spiro atoms. The minimum Gasteiger partial charge on any atom is -0.466 e. The smallest absolute Gasteiger partial charge is 0.328 e. The number of rotatable bonds is 32. The molecule has 0 aliphatic heterocycles. The summed E-state index contributed by atoms with van der Waals surface area (Å²) in [6, 6.07) is -1.30. The van der Waals surface area contributed by atoms with E-state index in [0.29, 0.717) is 6.42 Å². The third-order valence-corrected chi connectivity index (χ3v) is 8.26. The molecule has 4 unspecified atom stereocenters. The fourth-order valence-electron chi connectivity index (χ4n) is 5.16. The molecule has 0 rings (SSSR count). The lowest BCUT2D eigenvalue weighted by atomic mass is 10.0. The maximum absolute atomic E-state index is 12.8. The van der Waals surface area contributed by atoms with Gasteiger partial charge >= 0.3 is 11.9 Å². The molecule has 6 N–H and O–H groups in total. The van der Waals surface area contributed by atoms with Crippen LogP contribution in [0.2, 0.25) is 0 Å². The van der Waals surface area contributed by atoms with Crippen LogP contribution in [0, 0.1) is 0 Å². The monoisotopic (exact) mass is 661 g/mol. The van der Waals surface area contributed by atoms with Crippen LogP contribution in [0.3, 0.4) is 0 Å². The molecule has 0 aromatic carbocycles. The molecule has 0 radical (unpaired) electrons. The number of aliphatic hydroxyl groups is 5. The van der Waals surface area contributed by atoms with Crippen molar-refractivity contribution in [2.75, 3.05) is 19.8 Å². The number of esters is 2. The van der Waals surface area contributed by atoms with E-state index in [1.807, 2.05) is 0 Å². The first-order chi connectivity index (χ1) is 22.2. The number of ether oxygens (including phenoxy) is 2. The third-order valence-electron chi connectivity index (χ3n) is 8.26. The van der Waals surface area contributed by atoms with E-state index >= 15 is 0 Å². The minimum atomic E-state index is -2.21. The van der Waals surface area contributed by atoms with Gasteiger partial charge in [0.05, 0.1) is 19.8 Å². The Hall–Kier alpha value is -1.79. The zero-order valence-electron chi connectivity index (χ0n) is 28.8. The number of hydrogen-bond acceptors (Lipinski definition) is 10. The molecule has 0 aliphatic carbocycles. The molecule has 0 bridgehead atoms. The molecule has 5 atom stereocenters. The molecule has 0 heterocycles. The van der Waals surface area contributed by atoms with Crippen molar-refractivity contribution >= 4 is 17.8 Å². The van der Waals surface area contributed by atoms with Gasteiger partial charge in [0.25, 0.3) is 5.91 Å². The number of unbranched alkanes of at least 4 members (excludes halogenated alkanes) is 18. The number of carbonyl (C=O) groups excluding carboxylic acids is 3. The number of aliphatic hydroxyl groups excluding tert-OH is 5. The minimum absolute atomic E-state index is 0.136. The first kappa shape index (κ1) is 44.2. The summed E-state index contributed by atoms with van der Waals surface area (Å²) in [7, 11) is 0. The summed E-state index contributed by atoms with van der Waals surface area (Å²) >= 11 is 0. The highest BCUT2D eigenvalue weighted by atomic mass is 16.5. The Morgan fingerprint density at radius 2 is 1.00 bits per heavy atom. The van der Waals surface area contributed by atoms with Gasteiger partial charge in [-0.2, -0.15) is 0 Å². The summed E-state index contributed by atoms with van der Waals surface area (Å²) in [4.78, 5) is 37.8. The van der Waals surface area contributed by atoms with Gasteiger partial charge in [0.15, 0.2) is 6.10 Å². The number of nitrogens with one attached hydrogen (secondary N) is 1. The lowest BCUT2D eigenvalue weighted by molar-refractivity contribution is -0.155. The van der Waals surface area contributed by atoms with Crippen molar-refractivity contribution in [3.63, 3.8) is 0 Å². The Kier molecular flexibility index (Phi) is 29.3. The van der Waals surface area contributed by atoms with Gasteiger partial charge < -0.3 is 40.3 Å². The summed E-state index contributed by atoms with van der Waals surface area (Å²) in [6.45, 7) is 3.91. The molecule has 0 fully saturated rings. The largest absolute Gasteiger partial charge is 0.466 e. The molecule has 0 saturated carbocycles. The van der Waals surface area contributed by atoms with Gasteiger partial charge in [0, 0.05) is 6.42 Å². The summed E-state index contributed by atoms with van der Waals surface area (Å²) in [5.74, 6) is -2.51. The molecular weight excluding hydrogens is 594 g/mol. The van der Waals surface area contributed by atoms with Crippen molar-refractivity contribution in [1.82, 2.24) is 5.32 Å².